The van der Waals surface area contributed by atoms with E-state index in [0.717, 1.165) is 53.3 Å². The first kappa shape index (κ1) is 31.4. The van der Waals surface area contributed by atoms with Crippen molar-refractivity contribution in [2.75, 3.05) is 19.5 Å². The minimum atomic E-state index is -0.497. The van der Waals surface area contributed by atoms with E-state index in [1.54, 1.807) is 36.1 Å². The van der Waals surface area contributed by atoms with Crippen LogP contribution in [0.15, 0.2) is 103 Å². The first-order valence-electron chi connectivity index (χ1n) is 15.7. The van der Waals surface area contributed by atoms with Gasteiger partial charge in [0.05, 0.1) is 31.3 Å². The van der Waals surface area contributed by atoms with E-state index in [-0.39, 0.29) is 18.2 Å². The molecule has 47 heavy (non-hydrogen) atoms. The number of fused-ring (bicyclic) bond motifs is 1. The number of carbonyl (C=O) groups is 3. The lowest BCUT2D eigenvalue weighted by Crippen LogP contribution is -2.32. The molecular formula is C38H37N3O6. The highest BCUT2D eigenvalue weighted by Gasteiger charge is 2.23. The van der Waals surface area contributed by atoms with Gasteiger partial charge in [0.2, 0.25) is 0 Å². The van der Waals surface area contributed by atoms with Gasteiger partial charge in [-0.3, -0.25) is 9.88 Å². The molecular weight excluding hydrogens is 594 g/mol. The number of hydrogen-bond acceptors (Lipinski definition) is 6. The molecule has 1 aliphatic carbocycles. The zero-order valence-electron chi connectivity index (χ0n) is 26.4. The van der Waals surface area contributed by atoms with E-state index in [0.29, 0.717) is 28.9 Å². The van der Waals surface area contributed by atoms with Gasteiger partial charge >= 0.3 is 18.1 Å². The highest BCUT2D eigenvalue weighted by atomic mass is 16.6. The molecule has 1 heterocycles. The van der Waals surface area contributed by atoms with E-state index in [1.807, 2.05) is 78.9 Å². The lowest BCUT2D eigenvalue weighted by molar-refractivity contribution is 0.0600. The average Bonchev–Trinajstić information content (AvgIpc) is 3.75. The van der Waals surface area contributed by atoms with Crippen LogP contribution in [0.3, 0.4) is 0 Å². The third kappa shape index (κ3) is 7.14. The number of esters is 1. The molecule has 6 rings (SSSR count). The molecule has 1 fully saturated rings. The molecule has 0 atom stereocenters. The third-order valence-electron chi connectivity index (χ3n) is 8.55. The summed E-state index contributed by atoms with van der Waals surface area (Å²) in [6, 6.07) is 29.5. The van der Waals surface area contributed by atoms with Crippen LogP contribution in [0.25, 0.3) is 10.9 Å². The zero-order valence-corrected chi connectivity index (χ0v) is 26.4. The van der Waals surface area contributed by atoms with E-state index in [9.17, 15) is 14.4 Å². The van der Waals surface area contributed by atoms with E-state index in [4.69, 9.17) is 14.2 Å². The number of nitrogens with one attached hydrogen (secondary N) is 2. The van der Waals surface area contributed by atoms with Crippen molar-refractivity contribution in [3.05, 3.63) is 131 Å². The van der Waals surface area contributed by atoms with E-state index >= 15 is 0 Å². The zero-order chi connectivity index (χ0) is 32.8. The lowest BCUT2D eigenvalue weighted by Gasteiger charge is -2.20. The molecule has 2 N–H and O–H groups in total. The predicted molar refractivity (Wildman–Crippen MR) is 180 cm³/mol. The Bertz CT molecular complexity index is 1840. The summed E-state index contributed by atoms with van der Waals surface area (Å²) in [5.74, 6) is 0.0515. The van der Waals surface area contributed by atoms with E-state index < -0.39 is 12.1 Å². The Labute approximate surface area is 273 Å². The van der Waals surface area contributed by atoms with Crippen LogP contribution < -0.4 is 15.4 Å². The highest BCUT2D eigenvalue weighted by molar-refractivity contribution is 5.97. The molecule has 1 aromatic heterocycles. The molecule has 9 heteroatoms. The second-order valence-electron chi connectivity index (χ2n) is 11.6. The topological polar surface area (TPSA) is 108 Å². The molecule has 0 spiro atoms. The maximum atomic E-state index is 14.1. The minimum absolute atomic E-state index is 0.0679. The van der Waals surface area contributed by atoms with Gasteiger partial charge in [-0.05, 0) is 78.3 Å². The van der Waals surface area contributed by atoms with Gasteiger partial charge < -0.3 is 19.5 Å². The summed E-state index contributed by atoms with van der Waals surface area (Å²) in [4.78, 5) is 39.0. The number of benzene rings is 4. The van der Waals surface area contributed by atoms with Gasteiger partial charge in [-0.15, -0.1) is 0 Å². The summed E-state index contributed by atoms with van der Waals surface area (Å²) in [6.45, 7) is 0. The lowest BCUT2D eigenvalue weighted by atomic mass is 9.99. The van der Waals surface area contributed by atoms with Gasteiger partial charge in [0.25, 0.3) is 0 Å². The van der Waals surface area contributed by atoms with Crippen molar-refractivity contribution in [3.63, 3.8) is 0 Å². The van der Waals surface area contributed by atoms with Gasteiger partial charge in [-0.1, -0.05) is 66.7 Å². The van der Waals surface area contributed by atoms with Crippen molar-refractivity contribution in [2.45, 2.75) is 44.2 Å². The number of amides is 2. The quantitative estimate of drug-likeness (QED) is 0.160. The molecule has 0 radical (unpaired) electrons. The number of ether oxygens (including phenoxy) is 3. The molecule has 1 aliphatic rings. The maximum absolute atomic E-state index is 14.1. The Kier molecular flexibility index (Phi) is 9.52. The van der Waals surface area contributed by atoms with Crippen LogP contribution >= 0.6 is 0 Å². The number of carbonyl (C=O) groups excluding carboxylic acids is 3. The first-order valence-corrected chi connectivity index (χ1v) is 15.7. The van der Waals surface area contributed by atoms with Gasteiger partial charge in [0, 0.05) is 23.7 Å². The summed E-state index contributed by atoms with van der Waals surface area (Å²) < 4.78 is 17.7. The molecule has 4 aromatic carbocycles. The Hall–Kier alpha value is -5.57. The third-order valence-corrected chi connectivity index (χ3v) is 8.55. The summed E-state index contributed by atoms with van der Waals surface area (Å²) in [7, 11) is 2.87. The van der Waals surface area contributed by atoms with Crippen molar-refractivity contribution in [1.82, 2.24) is 9.88 Å². The molecule has 0 aliphatic heterocycles. The van der Waals surface area contributed by atoms with E-state index in [2.05, 4.69) is 10.6 Å². The van der Waals surface area contributed by atoms with Gasteiger partial charge in [-0.2, -0.15) is 0 Å². The summed E-state index contributed by atoms with van der Waals surface area (Å²) in [5.41, 5.74) is 5.12. The molecule has 240 valence electrons. The van der Waals surface area contributed by atoms with Gasteiger partial charge in [-0.25, -0.2) is 14.4 Å². The number of hydrogen-bond donors (Lipinski definition) is 2. The van der Waals surface area contributed by atoms with Crippen molar-refractivity contribution in [1.29, 1.82) is 0 Å². The SMILES string of the molecule is COC(=O)c1ccc(Cc2cn(C(=O)NC(c3ccccc3)c3ccccc3)c3ccc(NC(=O)OC4CCCC4)cc23)c(OC)c1. The number of nitrogens with zero attached hydrogens (tertiary/aromatic N) is 1. The monoisotopic (exact) mass is 631 g/mol. The number of anilines is 1. The maximum Gasteiger partial charge on any atom is 0.411 e. The van der Waals surface area contributed by atoms with Crippen LogP contribution in [0.5, 0.6) is 5.75 Å². The predicted octanol–water partition coefficient (Wildman–Crippen LogP) is 7.87. The Morgan fingerprint density at radius 2 is 1.51 bits per heavy atom. The smallest absolute Gasteiger partial charge is 0.411 e. The largest absolute Gasteiger partial charge is 0.496 e. The van der Waals surface area contributed by atoms with Crippen LogP contribution in [-0.4, -0.2) is 43.0 Å². The fourth-order valence-electron chi connectivity index (χ4n) is 6.17. The molecule has 9 nitrogen and oxygen atoms in total. The Balaban J connectivity index is 1.36. The van der Waals surface area contributed by atoms with Crippen LogP contribution in [0.2, 0.25) is 0 Å². The van der Waals surface area contributed by atoms with Crippen molar-refractivity contribution < 1.29 is 28.6 Å². The fraction of sp³-hybridized carbons (Fsp3) is 0.237. The normalized spacial score (nSPS) is 13.0. The molecule has 2 amide bonds. The molecule has 0 unspecified atom stereocenters. The first-order chi connectivity index (χ1) is 22.9. The van der Waals surface area contributed by atoms with Crippen molar-refractivity contribution in [2.24, 2.45) is 0 Å². The van der Waals surface area contributed by atoms with Crippen LogP contribution in [-0.2, 0) is 15.9 Å². The standard InChI is InChI=1S/C38H37N3O6/c1-45-34-22-28(36(42)46-2)18-17-27(34)21-29-24-41(33-20-19-30(23-32(29)33)39-38(44)47-31-15-9-10-16-31)37(43)40-35(25-11-5-3-6-12-25)26-13-7-4-8-14-26/h3-8,11-14,17-20,22-24,31,35H,9-10,15-16,21H2,1-2H3,(H,39,44)(H,40,43). The number of aromatic nitrogens is 1. The number of methoxy groups -OCH3 is 2. The van der Waals surface area contributed by atoms with Crippen LogP contribution in [0.4, 0.5) is 15.3 Å². The average molecular weight is 632 g/mol. The van der Waals surface area contributed by atoms with Crippen molar-refractivity contribution >= 4 is 34.7 Å². The second kappa shape index (κ2) is 14.2. The highest BCUT2D eigenvalue weighted by Crippen LogP contribution is 2.31. The van der Waals surface area contributed by atoms with E-state index in [1.165, 1.54) is 7.11 Å². The van der Waals surface area contributed by atoms with Gasteiger partial charge in [0.1, 0.15) is 11.9 Å². The van der Waals surface area contributed by atoms with Crippen LogP contribution in [0.1, 0.15) is 64.3 Å². The second-order valence-corrected chi connectivity index (χ2v) is 11.6. The van der Waals surface area contributed by atoms with Crippen molar-refractivity contribution in [3.8, 4) is 5.75 Å². The summed E-state index contributed by atoms with van der Waals surface area (Å²) >= 11 is 0. The van der Waals surface area contributed by atoms with Crippen LogP contribution in [0, 0.1) is 0 Å². The Morgan fingerprint density at radius 3 is 2.15 bits per heavy atom. The minimum Gasteiger partial charge on any atom is -0.496 e. The molecule has 5 aromatic rings. The molecule has 1 saturated carbocycles. The fourth-order valence-corrected chi connectivity index (χ4v) is 6.17. The number of rotatable bonds is 9. The van der Waals surface area contributed by atoms with Gasteiger partial charge in [0.15, 0.2) is 0 Å². The Morgan fingerprint density at radius 1 is 0.830 bits per heavy atom. The summed E-state index contributed by atoms with van der Waals surface area (Å²) in [6.07, 6.45) is 5.49. The summed E-state index contributed by atoms with van der Waals surface area (Å²) in [5, 5.41) is 6.87. The molecule has 0 saturated heterocycles. The molecule has 0 bridgehead atoms.